The second-order valence-corrected chi connectivity index (χ2v) is 24.9. The Labute approximate surface area is 483 Å². The molecule has 0 heterocycles. The van der Waals surface area contributed by atoms with E-state index in [1.165, 1.54) is 347 Å². The van der Waals surface area contributed by atoms with Crippen LogP contribution in [0.3, 0.4) is 0 Å². The summed E-state index contributed by atoms with van der Waals surface area (Å²) in [7, 11) is 0. The summed E-state index contributed by atoms with van der Waals surface area (Å²) in [5.41, 5.74) is 0. The molecule has 0 aromatic carbocycles. The van der Waals surface area contributed by atoms with Crippen LogP contribution in [0.4, 0.5) is 0 Å². The Hall–Kier alpha value is -1.14. The van der Waals surface area contributed by atoms with Crippen LogP contribution in [0.1, 0.15) is 418 Å². The Morgan fingerprint density at radius 2 is 0.532 bits per heavy atom. The molecule has 0 aliphatic heterocycles. The van der Waals surface area contributed by atoms with Gasteiger partial charge in [0.2, 0.25) is 5.91 Å². The molecule has 6 heteroatoms. The first-order valence-electron chi connectivity index (χ1n) is 35.8. The molecule has 0 spiro atoms. The normalized spacial score (nSPS) is 12.4. The molecule has 3 N–H and O–H groups in total. The second kappa shape index (κ2) is 67.4. The van der Waals surface area contributed by atoms with Gasteiger partial charge < -0.3 is 20.3 Å². The lowest BCUT2D eigenvalue weighted by molar-refractivity contribution is -0.143. The summed E-state index contributed by atoms with van der Waals surface area (Å²) < 4.78 is 5.50. The van der Waals surface area contributed by atoms with Gasteiger partial charge >= 0.3 is 5.97 Å². The molecular formula is C71H141NO5. The van der Waals surface area contributed by atoms with Crippen LogP contribution in [0.25, 0.3) is 0 Å². The lowest BCUT2D eigenvalue weighted by atomic mass is 10.0. The van der Waals surface area contributed by atoms with E-state index >= 15 is 0 Å². The van der Waals surface area contributed by atoms with Crippen molar-refractivity contribution < 1.29 is 24.5 Å². The van der Waals surface area contributed by atoms with E-state index < -0.39 is 12.1 Å². The zero-order chi connectivity index (χ0) is 55.7. The minimum atomic E-state index is -0.665. The Morgan fingerprint density at radius 1 is 0.312 bits per heavy atom. The van der Waals surface area contributed by atoms with Gasteiger partial charge in [-0.25, -0.2) is 0 Å². The molecule has 0 fully saturated rings. The minimum Gasteiger partial charge on any atom is -0.466 e. The van der Waals surface area contributed by atoms with Gasteiger partial charge in [-0.2, -0.15) is 0 Å². The van der Waals surface area contributed by atoms with E-state index in [1.807, 2.05) is 0 Å². The number of hydrogen-bond acceptors (Lipinski definition) is 5. The monoisotopic (exact) mass is 1090 g/mol. The van der Waals surface area contributed by atoms with Gasteiger partial charge in [0, 0.05) is 12.8 Å². The van der Waals surface area contributed by atoms with Crippen molar-refractivity contribution in [3.63, 3.8) is 0 Å². The topological polar surface area (TPSA) is 95.9 Å². The van der Waals surface area contributed by atoms with Crippen molar-refractivity contribution >= 4 is 11.9 Å². The summed E-state index contributed by atoms with van der Waals surface area (Å²) in [6.07, 6.45) is 81.5. The molecule has 0 aromatic heterocycles. The van der Waals surface area contributed by atoms with Crippen molar-refractivity contribution in [1.29, 1.82) is 0 Å². The minimum absolute atomic E-state index is 0.0178. The van der Waals surface area contributed by atoms with E-state index in [2.05, 4.69) is 19.2 Å². The van der Waals surface area contributed by atoms with Crippen LogP contribution in [-0.4, -0.2) is 47.4 Å². The third-order valence-electron chi connectivity index (χ3n) is 17.2. The number of carbonyl (C=O) groups is 2. The number of carbonyl (C=O) groups excluding carboxylic acids is 2. The van der Waals surface area contributed by atoms with Gasteiger partial charge in [0.25, 0.3) is 0 Å². The molecule has 6 nitrogen and oxygen atoms in total. The van der Waals surface area contributed by atoms with Crippen LogP contribution >= 0.6 is 0 Å². The van der Waals surface area contributed by atoms with Crippen LogP contribution < -0.4 is 5.32 Å². The molecule has 0 aliphatic rings. The SMILES string of the molecule is CCCCCCCCCCCCCCCCCCCCCCCCCC(O)C(CO)NC(=O)CCCCCCCCCCCCCCCCCCCCCCCCOC(=O)CCCCCCCCCCCCCCCCC. The van der Waals surface area contributed by atoms with Crippen LogP contribution in [0.15, 0.2) is 0 Å². The number of nitrogens with one attached hydrogen (secondary N) is 1. The number of rotatable bonds is 68. The van der Waals surface area contributed by atoms with Gasteiger partial charge in [-0.3, -0.25) is 9.59 Å². The van der Waals surface area contributed by atoms with Crippen molar-refractivity contribution in [3.8, 4) is 0 Å². The smallest absolute Gasteiger partial charge is 0.305 e. The van der Waals surface area contributed by atoms with Crippen molar-refractivity contribution in [2.75, 3.05) is 13.2 Å². The molecule has 0 saturated carbocycles. The maximum atomic E-state index is 12.6. The summed E-state index contributed by atoms with van der Waals surface area (Å²) in [5.74, 6) is -0.0114. The fourth-order valence-corrected chi connectivity index (χ4v) is 11.7. The number of aliphatic hydroxyl groups is 2. The number of aliphatic hydroxyl groups excluding tert-OH is 2. The first-order chi connectivity index (χ1) is 38.0. The van der Waals surface area contributed by atoms with E-state index in [1.54, 1.807) is 0 Å². The molecule has 0 radical (unpaired) electrons. The van der Waals surface area contributed by atoms with Gasteiger partial charge in [-0.1, -0.05) is 380 Å². The second-order valence-electron chi connectivity index (χ2n) is 24.9. The first-order valence-corrected chi connectivity index (χ1v) is 35.8. The van der Waals surface area contributed by atoms with Crippen LogP contribution in [0.5, 0.6) is 0 Å². The Balaban J connectivity index is 3.36. The molecule has 77 heavy (non-hydrogen) atoms. The Bertz CT molecular complexity index is 1120. The average molecular weight is 1090 g/mol. The molecule has 0 aromatic rings. The highest BCUT2D eigenvalue weighted by Gasteiger charge is 2.20. The van der Waals surface area contributed by atoms with Gasteiger partial charge in [0.1, 0.15) is 0 Å². The molecule has 1 amide bonds. The van der Waals surface area contributed by atoms with Crippen LogP contribution in [0.2, 0.25) is 0 Å². The van der Waals surface area contributed by atoms with Crippen molar-refractivity contribution in [2.24, 2.45) is 0 Å². The van der Waals surface area contributed by atoms with Gasteiger partial charge in [-0.05, 0) is 25.7 Å². The van der Waals surface area contributed by atoms with Gasteiger partial charge in [0.05, 0.1) is 25.4 Å². The van der Waals surface area contributed by atoms with Gasteiger partial charge in [0.15, 0.2) is 0 Å². The summed E-state index contributed by atoms with van der Waals surface area (Å²) in [5, 5.41) is 23.4. The maximum absolute atomic E-state index is 12.6. The van der Waals surface area contributed by atoms with Crippen molar-refractivity contribution in [3.05, 3.63) is 0 Å². The predicted octanol–water partition coefficient (Wildman–Crippen LogP) is 23.0. The Kier molecular flexibility index (Phi) is 66.4. The van der Waals surface area contributed by atoms with Crippen LogP contribution in [0, 0.1) is 0 Å². The number of hydrogen-bond donors (Lipinski definition) is 3. The number of ether oxygens (including phenoxy) is 1. The van der Waals surface area contributed by atoms with E-state index in [0.29, 0.717) is 25.9 Å². The van der Waals surface area contributed by atoms with Crippen molar-refractivity contribution in [2.45, 2.75) is 431 Å². The Morgan fingerprint density at radius 3 is 0.792 bits per heavy atom. The molecule has 0 rings (SSSR count). The molecule has 0 saturated heterocycles. The summed E-state index contributed by atoms with van der Waals surface area (Å²) in [4.78, 5) is 24.6. The molecule has 0 bridgehead atoms. The average Bonchev–Trinajstić information content (AvgIpc) is 3.43. The highest BCUT2D eigenvalue weighted by molar-refractivity contribution is 5.76. The van der Waals surface area contributed by atoms with E-state index in [4.69, 9.17) is 4.74 Å². The highest BCUT2D eigenvalue weighted by Crippen LogP contribution is 2.20. The maximum Gasteiger partial charge on any atom is 0.305 e. The summed E-state index contributed by atoms with van der Waals surface area (Å²) in [6.45, 7) is 5.01. The fourth-order valence-electron chi connectivity index (χ4n) is 11.7. The van der Waals surface area contributed by atoms with Crippen LogP contribution in [-0.2, 0) is 14.3 Å². The third kappa shape index (κ3) is 63.9. The largest absolute Gasteiger partial charge is 0.466 e. The van der Waals surface area contributed by atoms with Gasteiger partial charge in [-0.15, -0.1) is 0 Å². The molecule has 0 aliphatic carbocycles. The molecule has 2 atom stereocenters. The molecule has 460 valence electrons. The van der Waals surface area contributed by atoms with E-state index in [-0.39, 0.29) is 18.5 Å². The van der Waals surface area contributed by atoms with E-state index in [9.17, 15) is 19.8 Å². The zero-order valence-corrected chi connectivity index (χ0v) is 52.7. The number of amides is 1. The first kappa shape index (κ1) is 75.9. The number of esters is 1. The van der Waals surface area contributed by atoms with Crippen molar-refractivity contribution in [1.82, 2.24) is 5.32 Å². The summed E-state index contributed by atoms with van der Waals surface area (Å²) >= 11 is 0. The predicted molar refractivity (Wildman–Crippen MR) is 338 cm³/mol. The van der Waals surface area contributed by atoms with E-state index in [0.717, 1.165) is 38.5 Å². The summed E-state index contributed by atoms with van der Waals surface area (Å²) in [6, 6.07) is -0.542. The highest BCUT2D eigenvalue weighted by atomic mass is 16.5. The lowest BCUT2D eigenvalue weighted by Crippen LogP contribution is -2.45. The number of unbranched alkanes of at least 4 members (excludes halogenated alkanes) is 57. The molecular weight excluding hydrogens is 947 g/mol. The quantitative estimate of drug-likeness (QED) is 0.0417. The fraction of sp³-hybridized carbons (Fsp3) is 0.972. The zero-order valence-electron chi connectivity index (χ0n) is 52.7. The third-order valence-corrected chi connectivity index (χ3v) is 17.2. The molecule has 2 unspecified atom stereocenters. The standard InChI is InChI=1S/C71H141NO5/c1-3-5-7-9-11-13-15-17-19-20-21-22-23-26-29-32-36-39-43-47-51-55-59-63-69(74)68(67-73)72-70(75)64-60-56-52-48-44-40-37-33-30-27-24-25-28-31-34-38-42-46-50-54-58-62-66-77-71(76)65-61-57-53-49-45-41-35-18-16-14-12-10-8-6-4-2/h68-69,73-74H,3-67H2,1-2H3,(H,72,75). The lowest BCUT2D eigenvalue weighted by Gasteiger charge is -2.22.